The van der Waals surface area contributed by atoms with E-state index >= 15 is 0 Å². The fraction of sp³-hybridized carbons (Fsp3) is 0.857. The molecule has 5 N–H and O–H groups in total. The van der Waals surface area contributed by atoms with Crippen LogP contribution in [0.25, 0.3) is 0 Å². The molecule has 0 bridgehead atoms. The molecule has 6 nitrogen and oxygen atoms in total. The van der Waals surface area contributed by atoms with Crippen LogP contribution in [0.3, 0.4) is 0 Å². The van der Waals surface area contributed by atoms with E-state index in [9.17, 15) is 9.36 Å². The van der Waals surface area contributed by atoms with Crippen LogP contribution < -0.4 is 11.1 Å². The zero-order valence-electron chi connectivity index (χ0n) is 8.73. The van der Waals surface area contributed by atoms with Crippen LogP contribution in [-0.4, -0.2) is 48.9 Å². The first-order valence-electron chi connectivity index (χ1n) is 4.10. The lowest BCUT2D eigenvalue weighted by atomic mass is 10.2. The molecule has 0 aromatic carbocycles. The van der Waals surface area contributed by atoms with E-state index in [1.807, 2.05) is 14.1 Å². The zero-order valence-corrected chi connectivity index (χ0v) is 9.62. The van der Waals surface area contributed by atoms with Crippen molar-refractivity contribution >= 4 is 13.3 Å². The van der Waals surface area contributed by atoms with E-state index in [1.54, 1.807) is 0 Å². The van der Waals surface area contributed by atoms with Gasteiger partial charge in [-0.05, 0) is 20.5 Å². The van der Waals surface area contributed by atoms with Crippen molar-refractivity contribution in [2.24, 2.45) is 5.73 Å². The molecule has 0 rings (SSSR count). The summed E-state index contributed by atoms with van der Waals surface area (Å²) in [5.41, 5.74) is 5.09. The van der Waals surface area contributed by atoms with Crippen molar-refractivity contribution in [1.29, 1.82) is 0 Å². The van der Waals surface area contributed by atoms with Gasteiger partial charge in [0.1, 0.15) is 6.04 Å². The van der Waals surface area contributed by atoms with Crippen molar-refractivity contribution in [2.75, 3.05) is 26.9 Å². The summed E-state index contributed by atoms with van der Waals surface area (Å²) in [7, 11) is 0.647. The number of hydrogen-bond donors (Lipinski definition) is 4. The minimum Gasteiger partial charge on any atom is -0.480 e. The molecule has 7 heteroatoms. The van der Waals surface area contributed by atoms with Gasteiger partial charge in [0.2, 0.25) is 0 Å². The summed E-state index contributed by atoms with van der Waals surface area (Å²) in [5.74, 6) is -1.14. The topological polar surface area (TPSA) is 113 Å². The monoisotopic (exact) mass is 226 g/mol. The highest BCUT2D eigenvalue weighted by molar-refractivity contribution is 7.57. The van der Waals surface area contributed by atoms with Crippen LogP contribution in [0.1, 0.15) is 6.42 Å². The lowest BCUT2D eigenvalue weighted by Crippen LogP contribution is -2.30. The first-order chi connectivity index (χ1) is 6.24. The number of nitrogens with one attached hydrogen (secondary N) is 1. The maximum Gasteiger partial charge on any atom is 0.320 e. The maximum absolute atomic E-state index is 10.6. The lowest BCUT2D eigenvalue weighted by Gasteiger charge is -2.07. The van der Waals surface area contributed by atoms with E-state index in [0.29, 0.717) is 0 Å². The second-order valence-corrected chi connectivity index (χ2v) is 5.56. The van der Waals surface area contributed by atoms with Gasteiger partial charge in [-0.1, -0.05) is 0 Å². The first kappa shape index (κ1) is 16.0. The second kappa shape index (κ2) is 7.94. The van der Waals surface area contributed by atoms with Gasteiger partial charge in [-0.25, -0.2) is 0 Å². The van der Waals surface area contributed by atoms with Crippen LogP contribution in [0.15, 0.2) is 0 Å². The minimum atomic E-state index is -3.10. The predicted molar refractivity (Wildman–Crippen MR) is 55.8 cm³/mol. The Labute approximate surface area is 84.0 Å². The summed E-state index contributed by atoms with van der Waals surface area (Å²) in [6.07, 6.45) is 0.0000772. The van der Waals surface area contributed by atoms with Gasteiger partial charge in [-0.2, -0.15) is 0 Å². The van der Waals surface area contributed by atoms with E-state index in [2.05, 4.69) is 5.32 Å². The third-order valence-electron chi connectivity index (χ3n) is 1.17. The molecule has 86 valence electrons. The van der Waals surface area contributed by atoms with E-state index in [4.69, 9.17) is 15.7 Å². The summed E-state index contributed by atoms with van der Waals surface area (Å²) in [6, 6.07) is -1.03. The van der Waals surface area contributed by atoms with Gasteiger partial charge >= 0.3 is 5.97 Å². The average molecular weight is 226 g/mol. The molecule has 14 heavy (non-hydrogen) atoms. The van der Waals surface area contributed by atoms with Crippen LogP contribution >= 0.6 is 7.37 Å². The summed E-state index contributed by atoms with van der Waals surface area (Å²) in [5, 5.41) is 11.0. The molecule has 0 aromatic heterocycles. The molecule has 0 aliphatic heterocycles. The number of carboxylic acids is 1. The predicted octanol–water partition coefficient (Wildman–Crippen LogP) is -0.476. The van der Waals surface area contributed by atoms with E-state index in [1.165, 1.54) is 6.66 Å². The fourth-order valence-electron chi connectivity index (χ4n) is 0.502. The summed E-state index contributed by atoms with van der Waals surface area (Å²) in [4.78, 5) is 18.9. The van der Waals surface area contributed by atoms with Gasteiger partial charge in [-0.3, -0.25) is 9.36 Å². The molecule has 0 heterocycles. The largest absolute Gasteiger partial charge is 0.480 e. The summed E-state index contributed by atoms with van der Waals surface area (Å²) < 4.78 is 10.6. The third kappa shape index (κ3) is 14.1. The van der Waals surface area contributed by atoms with E-state index < -0.39 is 19.4 Å². The Kier molecular flexibility index (Phi) is 9.08. The van der Waals surface area contributed by atoms with Crippen molar-refractivity contribution in [3.63, 3.8) is 0 Å². The fourth-order valence-corrected chi connectivity index (χ4v) is 1.26. The van der Waals surface area contributed by atoms with Gasteiger partial charge in [0.25, 0.3) is 0 Å². The number of carbonyl (C=O) groups is 1. The Morgan fingerprint density at radius 1 is 1.57 bits per heavy atom. The summed E-state index contributed by atoms with van der Waals surface area (Å²) >= 11 is 0. The van der Waals surface area contributed by atoms with Gasteiger partial charge in [-0.15, -0.1) is 0 Å². The molecule has 0 aliphatic rings. The van der Waals surface area contributed by atoms with Crippen molar-refractivity contribution in [1.82, 2.24) is 5.32 Å². The first-order valence-corrected chi connectivity index (χ1v) is 6.40. The van der Waals surface area contributed by atoms with Crippen LogP contribution in [-0.2, 0) is 9.36 Å². The highest BCUT2D eigenvalue weighted by atomic mass is 31.2. The van der Waals surface area contributed by atoms with Crippen molar-refractivity contribution in [3.05, 3.63) is 0 Å². The number of rotatable bonds is 4. The van der Waals surface area contributed by atoms with E-state index in [0.717, 1.165) is 0 Å². The maximum atomic E-state index is 10.6. The molecule has 0 spiro atoms. The third-order valence-corrected chi connectivity index (χ3v) is 2.26. The molecular formula is C7H19N2O4P. The van der Waals surface area contributed by atoms with Crippen LogP contribution in [0, 0.1) is 0 Å². The molecular weight excluding hydrogens is 207 g/mol. The van der Waals surface area contributed by atoms with Crippen LogP contribution in [0.2, 0.25) is 0 Å². The Bertz CT molecular complexity index is 204. The Balaban J connectivity index is 0. The van der Waals surface area contributed by atoms with Crippen molar-refractivity contribution in [2.45, 2.75) is 12.5 Å². The van der Waals surface area contributed by atoms with Crippen LogP contribution in [0.5, 0.6) is 0 Å². The standard InChI is InChI=1S/C5H12NO4P.C2H7N/c1-11(9,10)3-2-4(6)5(7)8;1-3-2/h4H,2-3,6H2,1H3,(H,7,8)(H,9,10);3H,1-2H3. The quantitative estimate of drug-likeness (QED) is 0.482. The molecule has 0 fully saturated rings. The molecule has 0 radical (unpaired) electrons. The molecule has 0 saturated carbocycles. The molecule has 0 aliphatic carbocycles. The molecule has 0 aromatic rings. The second-order valence-electron chi connectivity index (χ2n) is 3.01. The number of aliphatic carboxylic acids is 1. The Morgan fingerprint density at radius 3 is 2.14 bits per heavy atom. The van der Waals surface area contributed by atoms with Crippen LogP contribution in [0.4, 0.5) is 0 Å². The normalized spacial score (nSPS) is 16.1. The highest BCUT2D eigenvalue weighted by Gasteiger charge is 2.16. The number of carboxylic acid groups (broad SMARTS) is 1. The van der Waals surface area contributed by atoms with E-state index in [-0.39, 0.29) is 12.6 Å². The molecule has 2 unspecified atom stereocenters. The molecule has 2 atom stereocenters. The zero-order chi connectivity index (χ0) is 11.8. The van der Waals surface area contributed by atoms with Gasteiger partial charge in [0, 0.05) is 12.8 Å². The van der Waals surface area contributed by atoms with Gasteiger partial charge < -0.3 is 21.1 Å². The molecule has 0 amide bonds. The van der Waals surface area contributed by atoms with Gasteiger partial charge in [0.05, 0.1) is 0 Å². The van der Waals surface area contributed by atoms with Gasteiger partial charge in [0.15, 0.2) is 7.37 Å². The van der Waals surface area contributed by atoms with Crippen molar-refractivity contribution in [3.8, 4) is 0 Å². The highest BCUT2D eigenvalue weighted by Crippen LogP contribution is 2.35. The smallest absolute Gasteiger partial charge is 0.320 e. The average Bonchev–Trinajstić information content (AvgIpc) is 2.00. The number of hydrogen-bond acceptors (Lipinski definition) is 4. The lowest BCUT2D eigenvalue weighted by molar-refractivity contribution is -0.138. The Morgan fingerprint density at radius 2 is 1.93 bits per heavy atom. The summed E-state index contributed by atoms with van der Waals surface area (Å²) in [6.45, 7) is 1.18. The van der Waals surface area contributed by atoms with Crippen molar-refractivity contribution < 1.29 is 19.4 Å². The number of nitrogens with two attached hydrogens (primary N) is 1. The molecule has 0 saturated heterocycles. The Hall–Kier alpha value is -0.420. The SMILES string of the molecule is CNC.CP(=O)(O)CCC(N)C(=O)O. The minimum absolute atomic E-state index is 0.0412.